The van der Waals surface area contributed by atoms with E-state index in [1.807, 2.05) is 0 Å². The lowest BCUT2D eigenvalue weighted by Gasteiger charge is -2.20. The van der Waals surface area contributed by atoms with Crippen molar-refractivity contribution in [2.24, 2.45) is 0 Å². The van der Waals surface area contributed by atoms with Gasteiger partial charge in [0.15, 0.2) is 0 Å². The van der Waals surface area contributed by atoms with Crippen molar-refractivity contribution in [2.45, 2.75) is 17.1 Å². The lowest BCUT2D eigenvalue weighted by Crippen LogP contribution is -2.30. The highest BCUT2D eigenvalue weighted by molar-refractivity contribution is 7.92. The Hall–Kier alpha value is -1.32. The average Bonchev–Trinajstić information content (AvgIpc) is 3.01. The Morgan fingerprint density at radius 1 is 1.04 bits per heavy atom. The van der Waals surface area contributed by atoms with Crippen LogP contribution in [0.15, 0.2) is 41.3 Å². The number of sulfonamides is 2. The van der Waals surface area contributed by atoms with Crippen LogP contribution < -0.4 is 4.31 Å². The van der Waals surface area contributed by atoms with Gasteiger partial charge >= 0.3 is 0 Å². The van der Waals surface area contributed by atoms with Crippen molar-refractivity contribution < 1.29 is 16.8 Å². The summed E-state index contributed by atoms with van der Waals surface area (Å²) < 4.78 is 52.8. The second-order valence-corrected chi connectivity index (χ2v) is 11.3. The number of halogens is 2. The van der Waals surface area contributed by atoms with Crippen LogP contribution in [-0.4, -0.2) is 41.8 Å². The van der Waals surface area contributed by atoms with Gasteiger partial charge in [-0.2, -0.15) is 0 Å². The molecule has 6 nitrogen and oxygen atoms in total. The van der Waals surface area contributed by atoms with Gasteiger partial charge in [0.25, 0.3) is 0 Å². The van der Waals surface area contributed by atoms with Gasteiger partial charge in [-0.3, -0.25) is 4.31 Å². The quantitative estimate of drug-likeness (QED) is 0.703. The molecule has 2 aromatic carbocycles. The van der Waals surface area contributed by atoms with Crippen LogP contribution in [-0.2, 0) is 32.2 Å². The van der Waals surface area contributed by atoms with Crippen LogP contribution in [0.1, 0.15) is 11.1 Å². The maximum atomic E-state index is 12.9. The fourth-order valence-electron chi connectivity index (χ4n) is 2.92. The van der Waals surface area contributed by atoms with E-state index in [4.69, 9.17) is 23.2 Å². The van der Waals surface area contributed by atoms with E-state index in [0.717, 1.165) is 4.31 Å². The normalized spacial score (nSPS) is 14.6. The summed E-state index contributed by atoms with van der Waals surface area (Å²) in [6.45, 7) is 0.258. The van der Waals surface area contributed by atoms with Gasteiger partial charge in [-0.15, -0.1) is 0 Å². The van der Waals surface area contributed by atoms with Crippen LogP contribution in [0.5, 0.6) is 0 Å². The third-order valence-electron chi connectivity index (χ3n) is 4.37. The molecule has 27 heavy (non-hydrogen) atoms. The maximum absolute atomic E-state index is 12.9. The molecule has 1 aliphatic rings. The first-order valence-corrected chi connectivity index (χ1v) is 11.8. The van der Waals surface area contributed by atoms with E-state index in [1.54, 1.807) is 18.2 Å². The van der Waals surface area contributed by atoms with Crippen LogP contribution >= 0.6 is 23.2 Å². The Morgan fingerprint density at radius 2 is 1.74 bits per heavy atom. The molecular formula is C17H18Cl2N2O4S2. The van der Waals surface area contributed by atoms with Gasteiger partial charge in [0.05, 0.1) is 16.3 Å². The number of nitrogens with zero attached hydrogens (tertiary/aromatic N) is 2. The number of hydrogen-bond acceptors (Lipinski definition) is 4. The van der Waals surface area contributed by atoms with Crippen molar-refractivity contribution in [1.29, 1.82) is 0 Å². The van der Waals surface area contributed by atoms with Gasteiger partial charge in [0, 0.05) is 30.7 Å². The minimum Gasteiger partial charge on any atom is -0.269 e. The molecule has 2 aromatic rings. The molecule has 1 heterocycles. The molecule has 0 saturated heterocycles. The van der Waals surface area contributed by atoms with Crippen molar-refractivity contribution in [3.05, 3.63) is 57.6 Å². The number of hydrogen-bond donors (Lipinski definition) is 0. The Morgan fingerprint density at radius 3 is 2.37 bits per heavy atom. The molecule has 0 aliphatic carbocycles. The standard InChI is InChI=1S/C17H18Cl2N2O4S2/c1-20(2)27(24,25)15-5-6-17-12(9-15)7-8-21(17)26(22,23)11-13-3-4-14(18)10-16(13)19/h3-6,9-10H,7-8,11H2,1-2H3. The maximum Gasteiger partial charge on any atom is 0.242 e. The number of fused-ring (bicyclic) bond motifs is 1. The van der Waals surface area contributed by atoms with Gasteiger partial charge in [-0.1, -0.05) is 29.3 Å². The lowest BCUT2D eigenvalue weighted by atomic mass is 10.2. The minimum atomic E-state index is -3.68. The zero-order chi connectivity index (χ0) is 20.0. The highest BCUT2D eigenvalue weighted by Gasteiger charge is 2.31. The summed E-state index contributed by atoms with van der Waals surface area (Å²) in [5, 5.41) is 0.722. The predicted molar refractivity (Wildman–Crippen MR) is 107 cm³/mol. The molecule has 1 aliphatic heterocycles. The first-order chi connectivity index (χ1) is 12.5. The van der Waals surface area contributed by atoms with Gasteiger partial charge in [-0.05, 0) is 47.9 Å². The van der Waals surface area contributed by atoms with Gasteiger partial charge in [0.2, 0.25) is 20.0 Å². The molecule has 10 heteroatoms. The zero-order valence-corrected chi connectivity index (χ0v) is 17.8. The second-order valence-electron chi connectivity index (χ2n) is 6.39. The first-order valence-electron chi connectivity index (χ1n) is 8.02. The summed E-state index contributed by atoms with van der Waals surface area (Å²) in [7, 11) is -4.35. The average molecular weight is 449 g/mol. The van der Waals surface area contributed by atoms with Crippen LogP contribution in [0, 0.1) is 0 Å². The van der Waals surface area contributed by atoms with E-state index in [1.165, 1.54) is 36.6 Å². The highest BCUT2D eigenvalue weighted by atomic mass is 35.5. The second kappa shape index (κ2) is 7.25. The van der Waals surface area contributed by atoms with E-state index in [-0.39, 0.29) is 22.2 Å². The topological polar surface area (TPSA) is 74.8 Å². The Labute approximate surface area is 169 Å². The van der Waals surface area contributed by atoms with Crippen molar-refractivity contribution in [3.63, 3.8) is 0 Å². The fourth-order valence-corrected chi connectivity index (χ4v) is 6.08. The van der Waals surface area contributed by atoms with Crippen molar-refractivity contribution in [1.82, 2.24) is 4.31 Å². The van der Waals surface area contributed by atoms with Gasteiger partial charge in [-0.25, -0.2) is 21.1 Å². The summed E-state index contributed by atoms with van der Waals surface area (Å²) in [6.07, 6.45) is 0.444. The van der Waals surface area contributed by atoms with Crippen LogP contribution in [0.2, 0.25) is 10.0 Å². The van der Waals surface area contributed by atoms with Crippen LogP contribution in [0.25, 0.3) is 0 Å². The third-order valence-corrected chi connectivity index (χ3v) is 8.50. The Kier molecular flexibility index (Phi) is 5.48. The van der Waals surface area contributed by atoms with Crippen LogP contribution in [0.3, 0.4) is 0 Å². The molecule has 0 radical (unpaired) electrons. The highest BCUT2D eigenvalue weighted by Crippen LogP contribution is 2.34. The van der Waals surface area contributed by atoms with E-state index in [2.05, 4.69) is 0 Å². The molecule has 0 N–H and O–H groups in total. The largest absolute Gasteiger partial charge is 0.269 e. The molecule has 0 unspecified atom stereocenters. The summed E-state index contributed by atoms with van der Waals surface area (Å²) in [4.78, 5) is 0.145. The van der Waals surface area contributed by atoms with E-state index >= 15 is 0 Å². The van der Waals surface area contributed by atoms with E-state index < -0.39 is 20.0 Å². The predicted octanol–water partition coefficient (Wildman–Crippen LogP) is 3.14. The zero-order valence-electron chi connectivity index (χ0n) is 14.7. The molecule has 0 saturated carbocycles. The SMILES string of the molecule is CN(C)S(=O)(=O)c1ccc2c(c1)CCN2S(=O)(=O)Cc1ccc(Cl)cc1Cl. The third kappa shape index (κ3) is 3.95. The fraction of sp³-hybridized carbons (Fsp3) is 0.294. The van der Waals surface area contributed by atoms with Crippen molar-refractivity contribution in [2.75, 3.05) is 24.9 Å². The van der Waals surface area contributed by atoms with Gasteiger partial charge < -0.3 is 0 Å². The molecular weight excluding hydrogens is 431 g/mol. The van der Waals surface area contributed by atoms with Crippen molar-refractivity contribution >= 4 is 48.9 Å². The molecule has 0 fully saturated rings. The molecule has 0 spiro atoms. The van der Waals surface area contributed by atoms with Crippen LogP contribution in [0.4, 0.5) is 5.69 Å². The molecule has 0 aromatic heterocycles. The summed E-state index contributed by atoms with van der Waals surface area (Å²) in [6, 6.07) is 9.19. The summed E-state index contributed by atoms with van der Waals surface area (Å²) >= 11 is 12.0. The molecule has 0 atom stereocenters. The summed E-state index contributed by atoms with van der Waals surface area (Å²) in [5.74, 6) is -0.264. The van der Waals surface area contributed by atoms with E-state index in [0.29, 0.717) is 28.3 Å². The van der Waals surface area contributed by atoms with Crippen molar-refractivity contribution in [3.8, 4) is 0 Å². The monoisotopic (exact) mass is 448 g/mol. The number of rotatable bonds is 5. The Bertz CT molecular complexity index is 1100. The minimum absolute atomic E-state index is 0.145. The summed E-state index contributed by atoms with van der Waals surface area (Å²) in [5.41, 5.74) is 1.64. The van der Waals surface area contributed by atoms with E-state index in [9.17, 15) is 16.8 Å². The number of benzene rings is 2. The molecule has 0 bridgehead atoms. The molecule has 0 amide bonds. The molecule has 146 valence electrons. The molecule has 3 rings (SSSR count). The van der Waals surface area contributed by atoms with Gasteiger partial charge in [0.1, 0.15) is 0 Å². The Balaban J connectivity index is 1.93. The first kappa shape index (κ1) is 20.4. The number of anilines is 1. The smallest absolute Gasteiger partial charge is 0.242 e. The lowest BCUT2D eigenvalue weighted by molar-refractivity contribution is 0.520.